The van der Waals surface area contributed by atoms with Crippen molar-refractivity contribution in [2.24, 2.45) is 11.8 Å². The van der Waals surface area contributed by atoms with Crippen LogP contribution in [-0.2, 0) is 12.8 Å². The van der Waals surface area contributed by atoms with Crippen molar-refractivity contribution >= 4 is 27.4 Å². The van der Waals surface area contributed by atoms with Gasteiger partial charge in [-0.3, -0.25) is 0 Å². The van der Waals surface area contributed by atoms with Gasteiger partial charge in [-0.15, -0.1) is 11.3 Å². The van der Waals surface area contributed by atoms with Crippen LogP contribution in [0.2, 0.25) is 0 Å². The molecule has 122 valence electrons. The number of nitrogens with zero attached hydrogens (tertiary/aromatic N) is 3. The van der Waals surface area contributed by atoms with E-state index in [1.807, 2.05) is 11.3 Å². The summed E-state index contributed by atoms with van der Waals surface area (Å²) in [5.74, 6) is 2.74. The third-order valence-corrected chi connectivity index (χ3v) is 7.51. The predicted molar refractivity (Wildman–Crippen MR) is 95.2 cm³/mol. The van der Waals surface area contributed by atoms with Crippen LogP contribution in [0.5, 0.6) is 0 Å². The maximum Gasteiger partial charge on any atom is 0.138 e. The largest absolute Gasteiger partial charge is 0.366 e. The van der Waals surface area contributed by atoms with Gasteiger partial charge in [0.1, 0.15) is 17.0 Å². The Labute approximate surface area is 141 Å². The van der Waals surface area contributed by atoms with Gasteiger partial charge in [0.25, 0.3) is 0 Å². The highest BCUT2D eigenvalue weighted by Gasteiger charge is 2.48. The number of aromatic nitrogens is 2. The van der Waals surface area contributed by atoms with E-state index >= 15 is 0 Å². The van der Waals surface area contributed by atoms with Crippen LogP contribution in [0.4, 0.5) is 5.82 Å². The molecule has 6 rings (SSSR count). The summed E-state index contributed by atoms with van der Waals surface area (Å²) in [6.07, 6.45) is 9.54. The molecule has 2 heterocycles. The lowest BCUT2D eigenvalue weighted by molar-refractivity contribution is 0.0285. The molecule has 0 spiro atoms. The Morgan fingerprint density at radius 3 is 2.74 bits per heavy atom. The summed E-state index contributed by atoms with van der Waals surface area (Å²) < 4.78 is 0. The Balaban J connectivity index is 1.43. The molecule has 2 aromatic heterocycles. The molecular weight excluding hydrogens is 304 g/mol. The average Bonchev–Trinajstić information content (AvgIpc) is 3.13. The lowest BCUT2D eigenvalue weighted by Crippen LogP contribution is -2.56. The fourth-order valence-electron chi connectivity index (χ4n) is 5.01. The molecule has 5 heteroatoms. The third-order valence-electron chi connectivity index (χ3n) is 6.31. The number of nitrogens with one attached hydrogen (secondary N) is 1. The fraction of sp³-hybridized carbons (Fsp3) is 0.667. The van der Waals surface area contributed by atoms with Crippen molar-refractivity contribution in [2.45, 2.75) is 50.6 Å². The van der Waals surface area contributed by atoms with Gasteiger partial charge in [-0.05, 0) is 70.0 Å². The van der Waals surface area contributed by atoms with E-state index in [4.69, 9.17) is 0 Å². The number of hydrogen-bond acceptors (Lipinski definition) is 5. The number of fused-ring (bicyclic) bond motifs is 5. The maximum absolute atomic E-state index is 4.63. The van der Waals surface area contributed by atoms with Crippen LogP contribution in [0.3, 0.4) is 0 Å². The molecule has 4 atom stereocenters. The molecule has 0 aliphatic heterocycles. The van der Waals surface area contributed by atoms with Crippen molar-refractivity contribution in [3.63, 3.8) is 0 Å². The zero-order valence-corrected chi connectivity index (χ0v) is 14.7. The Bertz CT molecular complexity index is 741. The summed E-state index contributed by atoms with van der Waals surface area (Å²) in [6, 6.07) is 1.40. The molecule has 2 aromatic rings. The van der Waals surface area contributed by atoms with Crippen LogP contribution >= 0.6 is 11.3 Å². The quantitative estimate of drug-likeness (QED) is 0.938. The summed E-state index contributed by atoms with van der Waals surface area (Å²) in [7, 11) is 4.45. The van der Waals surface area contributed by atoms with Crippen LogP contribution in [-0.4, -0.2) is 41.0 Å². The third kappa shape index (κ3) is 2.13. The van der Waals surface area contributed by atoms with Gasteiger partial charge in [0.15, 0.2) is 0 Å². The van der Waals surface area contributed by atoms with Crippen molar-refractivity contribution in [3.05, 3.63) is 16.8 Å². The van der Waals surface area contributed by atoms with Crippen molar-refractivity contribution in [3.8, 4) is 0 Å². The summed E-state index contributed by atoms with van der Waals surface area (Å²) >= 11 is 1.88. The molecule has 0 saturated heterocycles. The van der Waals surface area contributed by atoms with Crippen molar-refractivity contribution in [1.82, 2.24) is 14.9 Å². The Morgan fingerprint density at radius 2 is 1.96 bits per heavy atom. The van der Waals surface area contributed by atoms with E-state index < -0.39 is 0 Å². The lowest BCUT2D eigenvalue weighted by Gasteiger charge is -2.54. The molecule has 0 aromatic carbocycles. The standard InChI is InChI=1S/C18H24N4S/c1-22(2)12-7-10-6-11(8-12)16(10)21-17-15-13-4-3-5-14(13)23-18(15)20-9-19-17/h9-12,16H,3-8H2,1-2H3,(H,19,20,21)/t10-,11+,12?,16?. The number of aryl methyl sites for hydroxylation is 2. The van der Waals surface area contributed by atoms with Gasteiger partial charge >= 0.3 is 0 Å². The van der Waals surface area contributed by atoms with E-state index in [1.54, 1.807) is 11.2 Å². The van der Waals surface area contributed by atoms with E-state index in [-0.39, 0.29) is 0 Å². The number of anilines is 1. The van der Waals surface area contributed by atoms with E-state index in [1.165, 1.54) is 54.3 Å². The minimum Gasteiger partial charge on any atom is -0.366 e. The number of rotatable bonds is 3. The van der Waals surface area contributed by atoms with Crippen LogP contribution in [0.1, 0.15) is 36.1 Å². The van der Waals surface area contributed by atoms with Gasteiger partial charge in [-0.25, -0.2) is 9.97 Å². The molecule has 1 N–H and O–H groups in total. The van der Waals surface area contributed by atoms with E-state index in [9.17, 15) is 0 Å². The first-order chi connectivity index (χ1) is 11.2. The molecular formula is C18H24N4S. The average molecular weight is 328 g/mol. The van der Waals surface area contributed by atoms with Crippen LogP contribution < -0.4 is 5.32 Å². The highest BCUT2D eigenvalue weighted by Crippen LogP contribution is 2.49. The normalized spacial score (nSPS) is 32.1. The minimum atomic E-state index is 0.626. The molecule has 0 radical (unpaired) electrons. The SMILES string of the molecule is CN(C)C1C[C@@H]2C[C@H](C1)C2Nc1ncnc2sc3c(c12)CCC3. The van der Waals surface area contributed by atoms with Gasteiger partial charge in [-0.2, -0.15) is 0 Å². The molecule has 4 aliphatic carbocycles. The maximum atomic E-state index is 4.63. The minimum absolute atomic E-state index is 0.626. The topological polar surface area (TPSA) is 41.0 Å². The van der Waals surface area contributed by atoms with Crippen molar-refractivity contribution in [2.75, 3.05) is 19.4 Å². The van der Waals surface area contributed by atoms with Crippen LogP contribution in [0.25, 0.3) is 10.2 Å². The first kappa shape index (κ1) is 14.2. The first-order valence-corrected chi connectivity index (χ1v) is 9.70. The summed E-state index contributed by atoms with van der Waals surface area (Å²) in [4.78, 5) is 14.3. The highest BCUT2D eigenvalue weighted by molar-refractivity contribution is 7.19. The van der Waals surface area contributed by atoms with E-state index in [2.05, 4.69) is 34.3 Å². The molecule has 3 fully saturated rings. The molecule has 4 aliphatic rings. The second-order valence-corrected chi connectivity index (χ2v) is 8.86. The Kier molecular flexibility index (Phi) is 3.17. The van der Waals surface area contributed by atoms with Gasteiger partial charge < -0.3 is 10.2 Å². The zero-order valence-electron chi connectivity index (χ0n) is 13.9. The summed E-state index contributed by atoms with van der Waals surface area (Å²) in [6.45, 7) is 0. The second kappa shape index (κ2) is 5.15. The van der Waals surface area contributed by atoms with Gasteiger partial charge in [0, 0.05) is 17.0 Å². The first-order valence-electron chi connectivity index (χ1n) is 8.89. The molecule has 2 unspecified atom stereocenters. The molecule has 23 heavy (non-hydrogen) atoms. The second-order valence-electron chi connectivity index (χ2n) is 7.77. The van der Waals surface area contributed by atoms with Crippen molar-refractivity contribution in [1.29, 1.82) is 0 Å². The molecule has 2 bridgehead atoms. The fourth-order valence-corrected chi connectivity index (χ4v) is 6.23. The lowest BCUT2D eigenvalue weighted by atomic mass is 9.59. The number of hydrogen-bond donors (Lipinski definition) is 1. The zero-order chi connectivity index (χ0) is 15.6. The van der Waals surface area contributed by atoms with Gasteiger partial charge in [0.2, 0.25) is 0 Å². The molecule has 4 nitrogen and oxygen atoms in total. The van der Waals surface area contributed by atoms with Crippen LogP contribution in [0.15, 0.2) is 6.33 Å². The van der Waals surface area contributed by atoms with Crippen LogP contribution in [0, 0.1) is 11.8 Å². The summed E-state index contributed by atoms with van der Waals surface area (Å²) in [5.41, 5.74) is 1.53. The van der Waals surface area contributed by atoms with E-state index in [0.717, 1.165) is 23.7 Å². The molecule has 3 saturated carbocycles. The molecule has 0 amide bonds. The highest BCUT2D eigenvalue weighted by atomic mass is 32.1. The number of thiophene rings is 1. The predicted octanol–water partition coefficient (Wildman–Crippen LogP) is 3.32. The van der Waals surface area contributed by atoms with E-state index in [0.29, 0.717) is 6.04 Å². The van der Waals surface area contributed by atoms with Gasteiger partial charge in [0.05, 0.1) is 5.39 Å². The van der Waals surface area contributed by atoms with Gasteiger partial charge in [-0.1, -0.05) is 0 Å². The smallest absolute Gasteiger partial charge is 0.138 e. The Morgan fingerprint density at radius 1 is 1.13 bits per heavy atom. The summed E-state index contributed by atoms with van der Waals surface area (Å²) in [5, 5.41) is 5.17. The monoisotopic (exact) mass is 328 g/mol. The Hall–Kier alpha value is -1.20. The van der Waals surface area contributed by atoms with Crippen molar-refractivity contribution < 1.29 is 0 Å².